The van der Waals surface area contributed by atoms with Crippen LogP contribution in [0.4, 0.5) is 22.7 Å². The van der Waals surface area contributed by atoms with E-state index in [-0.39, 0.29) is 18.7 Å². The van der Waals surface area contributed by atoms with E-state index in [2.05, 4.69) is 4.74 Å². The quantitative estimate of drug-likeness (QED) is 0.608. The van der Waals surface area contributed by atoms with Gasteiger partial charge in [0.05, 0.1) is 11.4 Å². The monoisotopic (exact) mass is 341 g/mol. The highest BCUT2D eigenvalue weighted by Gasteiger charge is 2.35. The molecule has 1 aliphatic heterocycles. The topological polar surface area (TPSA) is 63.7 Å². The van der Waals surface area contributed by atoms with Crippen molar-refractivity contribution < 1.29 is 35.0 Å². The van der Waals surface area contributed by atoms with Gasteiger partial charge in [-0.25, -0.2) is 4.39 Å². The number of alkyl halides is 2. The third-order valence-electron chi connectivity index (χ3n) is 3.07. The molecular formula is C12H11F4NO4S. The fourth-order valence-electron chi connectivity index (χ4n) is 2.31. The first-order chi connectivity index (χ1) is 10.2. The highest BCUT2D eigenvalue weighted by molar-refractivity contribution is 7.86. The van der Waals surface area contributed by atoms with Crippen molar-refractivity contribution >= 4 is 21.8 Å². The lowest BCUT2D eigenvalue weighted by atomic mass is 10.1. The Balaban J connectivity index is 2.26. The van der Waals surface area contributed by atoms with Gasteiger partial charge in [-0.1, -0.05) is 0 Å². The van der Waals surface area contributed by atoms with Crippen molar-refractivity contribution in [1.29, 1.82) is 0 Å². The molecule has 0 aliphatic carbocycles. The smallest absolute Gasteiger partial charge is 0.387 e. The summed E-state index contributed by atoms with van der Waals surface area (Å²) in [6.07, 6.45) is -0.255. The number of halogens is 4. The van der Waals surface area contributed by atoms with Crippen LogP contribution >= 0.6 is 0 Å². The molecule has 1 atom stereocenters. The fourth-order valence-corrected chi connectivity index (χ4v) is 3.10. The van der Waals surface area contributed by atoms with Gasteiger partial charge < -0.3 is 9.64 Å². The molecule has 5 nitrogen and oxygen atoms in total. The lowest BCUT2D eigenvalue weighted by molar-refractivity contribution is -0.117. The van der Waals surface area contributed by atoms with E-state index in [1.807, 2.05) is 0 Å². The Morgan fingerprint density at radius 2 is 2.05 bits per heavy atom. The van der Waals surface area contributed by atoms with Crippen LogP contribution in [-0.2, 0) is 15.0 Å². The van der Waals surface area contributed by atoms with E-state index in [4.69, 9.17) is 0 Å². The number of benzene rings is 1. The van der Waals surface area contributed by atoms with Gasteiger partial charge in [0.2, 0.25) is 5.91 Å². The molecule has 1 aliphatic rings. The minimum absolute atomic E-state index is 0.120. The van der Waals surface area contributed by atoms with Crippen molar-refractivity contribution in [3.63, 3.8) is 0 Å². The molecule has 0 spiro atoms. The minimum atomic E-state index is -4.76. The van der Waals surface area contributed by atoms with Crippen LogP contribution < -0.4 is 9.64 Å². The first-order valence-electron chi connectivity index (χ1n) is 6.13. The summed E-state index contributed by atoms with van der Waals surface area (Å²) in [6, 6.07) is 2.70. The highest BCUT2D eigenvalue weighted by atomic mass is 32.3. The molecule has 0 bridgehead atoms. The molecule has 10 heteroatoms. The van der Waals surface area contributed by atoms with Crippen molar-refractivity contribution in [2.75, 3.05) is 17.2 Å². The van der Waals surface area contributed by atoms with Gasteiger partial charge in [0.25, 0.3) is 0 Å². The third-order valence-corrected chi connectivity index (χ3v) is 3.94. The lowest BCUT2D eigenvalue weighted by Gasteiger charge is -2.20. The number of carbonyl (C=O) groups excluding carboxylic acids is 1. The van der Waals surface area contributed by atoms with Crippen LogP contribution in [0.5, 0.6) is 5.75 Å². The fraction of sp³-hybridized carbons (Fsp3) is 0.417. The molecule has 1 heterocycles. The minimum Gasteiger partial charge on any atom is -0.432 e. The average Bonchev–Trinajstić information content (AvgIpc) is 2.67. The summed E-state index contributed by atoms with van der Waals surface area (Å²) in [5.41, 5.74) is -0.120. The van der Waals surface area contributed by atoms with E-state index in [1.165, 1.54) is 0 Å². The summed E-state index contributed by atoms with van der Waals surface area (Å²) >= 11 is 0. The van der Waals surface area contributed by atoms with E-state index in [0.717, 1.165) is 17.0 Å². The number of hydrogen-bond acceptors (Lipinski definition) is 4. The zero-order chi connectivity index (χ0) is 16.5. The molecule has 0 radical (unpaired) electrons. The van der Waals surface area contributed by atoms with E-state index < -0.39 is 46.0 Å². The number of carbonyl (C=O) groups is 1. The van der Waals surface area contributed by atoms with E-state index >= 15 is 0 Å². The Hall–Kier alpha value is -1.84. The van der Waals surface area contributed by atoms with Crippen LogP contribution in [0.25, 0.3) is 0 Å². The molecule has 1 saturated heterocycles. The maximum Gasteiger partial charge on any atom is 0.387 e. The first-order valence-corrected chi connectivity index (χ1v) is 7.68. The van der Waals surface area contributed by atoms with E-state index in [0.29, 0.717) is 6.07 Å². The Bertz CT molecular complexity index is 680. The maximum atomic E-state index is 13.1. The van der Waals surface area contributed by atoms with Crippen molar-refractivity contribution in [2.24, 2.45) is 5.92 Å². The van der Waals surface area contributed by atoms with Gasteiger partial charge in [-0.05, 0) is 12.1 Å². The second-order valence-corrected chi connectivity index (χ2v) is 6.18. The van der Waals surface area contributed by atoms with Gasteiger partial charge in [0.1, 0.15) is 5.82 Å². The van der Waals surface area contributed by atoms with Crippen molar-refractivity contribution in [3.8, 4) is 5.75 Å². The number of rotatable bonds is 5. The summed E-state index contributed by atoms with van der Waals surface area (Å²) in [4.78, 5) is 12.8. The third kappa shape index (κ3) is 4.09. The Morgan fingerprint density at radius 3 is 2.64 bits per heavy atom. The van der Waals surface area contributed by atoms with Crippen LogP contribution in [0.2, 0.25) is 0 Å². The summed E-state index contributed by atoms with van der Waals surface area (Å²) in [5.74, 6) is -3.63. The molecule has 1 unspecified atom stereocenters. The average molecular weight is 341 g/mol. The van der Waals surface area contributed by atoms with Gasteiger partial charge in [-0.3, -0.25) is 4.79 Å². The molecular weight excluding hydrogens is 330 g/mol. The van der Waals surface area contributed by atoms with Crippen LogP contribution in [-0.4, -0.2) is 33.2 Å². The zero-order valence-electron chi connectivity index (χ0n) is 11.0. The Kier molecular flexibility index (Phi) is 4.59. The normalized spacial score (nSPS) is 19.0. The molecule has 122 valence electrons. The van der Waals surface area contributed by atoms with Crippen LogP contribution in [0.3, 0.4) is 0 Å². The molecule has 1 aromatic rings. The maximum absolute atomic E-state index is 13.1. The van der Waals surface area contributed by atoms with Crippen molar-refractivity contribution in [1.82, 2.24) is 0 Å². The van der Waals surface area contributed by atoms with Gasteiger partial charge in [-0.2, -0.15) is 17.2 Å². The molecule has 2 rings (SSSR count). The van der Waals surface area contributed by atoms with Gasteiger partial charge >= 0.3 is 16.8 Å². The van der Waals surface area contributed by atoms with Gasteiger partial charge in [-0.15, -0.1) is 3.89 Å². The Morgan fingerprint density at radius 1 is 1.36 bits per heavy atom. The highest BCUT2D eigenvalue weighted by Crippen LogP contribution is 2.35. The number of amides is 1. The van der Waals surface area contributed by atoms with E-state index in [1.54, 1.807) is 0 Å². The predicted molar refractivity (Wildman–Crippen MR) is 68.4 cm³/mol. The van der Waals surface area contributed by atoms with Crippen molar-refractivity contribution in [2.45, 2.75) is 13.0 Å². The summed E-state index contributed by atoms with van der Waals surface area (Å²) in [7, 11) is -4.76. The SMILES string of the molecule is O=C1CC(CS(=O)(=O)F)CN1c1ccc(F)cc1OC(F)F. The molecule has 1 amide bonds. The molecule has 22 heavy (non-hydrogen) atoms. The molecule has 1 fully saturated rings. The number of ether oxygens (including phenoxy) is 1. The predicted octanol–water partition coefficient (Wildman–Crippen LogP) is 2.08. The van der Waals surface area contributed by atoms with E-state index in [9.17, 15) is 30.3 Å². The molecule has 0 N–H and O–H groups in total. The van der Waals surface area contributed by atoms with Gasteiger partial charge in [0.15, 0.2) is 5.75 Å². The molecule has 0 aromatic heterocycles. The first kappa shape index (κ1) is 16.5. The number of anilines is 1. The second kappa shape index (κ2) is 6.11. The molecule has 0 saturated carbocycles. The largest absolute Gasteiger partial charge is 0.432 e. The summed E-state index contributed by atoms with van der Waals surface area (Å²) in [6.45, 7) is -3.41. The lowest BCUT2D eigenvalue weighted by Crippen LogP contribution is -2.26. The summed E-state index contributed by atoms with van der Waals surface area (Å²) < 4.78 is 75.9. The van der Waals surface area contributed by atoms with Crippen LogP contribution in [0, 0.1) is 11.7 Å². The molecule has 1 aromatic carbocycles. The Labute approximate surface area is 123 Å². The second-order valence-electron chi connectivity index (χ2n) is 4.77. The van der Waals surface area contributed by atoms with Crippen molar-refractivity contribution in [3.05, 3.63) is 24.0 Å². The van der Waals surface area contributed by atoms with Crippen LogP contribution in [0.1, 0.15) is 6.42 Å². The van der Waals surface area contributed by atoms with Crippen LogP contribution in [0.15, 0.2) is 18.2 Å². The zero-order valence-corrected chi connectivity index (χ0v) is 11.8. The van der Waals surface area contributed by atoms with Gasteiger partial charge in [0, 0.05) is 24.9 Å². The summed E-state index contributed by atoms with van der Waals surface area (Å²) in [5, 5.41) is 0. The number of nitrogens with zero attached hydrogens (tertiary/aromatic N) is 1. The standard InChI is InChI=1S/C12H11F4NO4S/c13-8-1-2-9(10(4-8)21-12(14)15)17-5-7(3-11(17)18)6-22(16,19)20/h1-2,4,7,12H,3,5-6H2. The number of hydrogen-bond donors (Lipinski definition) is 0.